The first kappa shape index (κ1) is 16.2. The van der Waals surface area contributed by atoms with Crippen LogP contribution in [0.2, 0.25) is 0 Å². The first-order valence-corrected chi connectivity index (χ1v) is 8.32. The maximum Gasteiger partial charge on any atom is 0.275 e. The molecule has 7 heteroatoms. The second-order valence-corrected chi connectivity index (χ2v) is 6.60. The molecule has 0 saturated heterocycles. The van der Waals surface area contributed by atoms with Crippen LogP contribution in [0.1, 0.15) is 26.3 Å². The molecule has 0 atom stereocenters. The van der Waals surface area contributed by atoms with Crippen LogP contribution in [0.25, 0.3) is 10.9 Å². The van der Waals surface area contributed by atoms with E-state index in [0.29, 0.717) is 28.4 Å². The van der Waals surface area contributed by atoms with E-state index in [0.717, 1.165) is 5.39 Å². The molecule has 6 nitrogen and oxygen atoms in total. The van der Waals surface area contributed by atoms with Crippen molar-refractivity contribution in [2.75, 3.05) is 6.54 Å². The second-order valence-electron chi connectivity index (χ2n) is 5.52. The molecule has 3 rings (SSSR count). The van der Waals surface area contributed by atoms with E-state index in [1.54, 1.807) is 27.5 Å². The highest BCUT2D eigenvalue weighted by Crippen LogP contribution is 2.16. The lowest BCUT2D eigenvalue weighted by molar-refractivity contribution is 0.0955. The van der Waals surface area contributed by atoms with E-state index in [9.17, 15) is 14.4 Å². The summed E-state index contributed by atoms with van der Waals surface area (Å²) >= 11 is 1.17. The summed E-state index contributed by atoms with van der Waals surface area (Å²) in [6.45, 7) is 2.19. The minimum atomic E-state index is -0.236. The number of ketones is 1. The van der Waals surface area contributed by atoms with Gasteiger partial charge in [-0.05, 0) is 31.2 Å². The lowest BCUT2D eigenvalue weighted by Crippen LogP contribution is -2.30. The van der Waals surface area contributed by atoms with Crippen molar-refractivity contribution in [2.45, 2.75) is 13.5 Å². The van der Waals surface area contributed by atoms with Gasteiger partial charge in [-0.25, -0.2) is 0 Å². The Morgan fingerprint density at radius 3 is 2.54 bits per heavy atom. The molecular formula is C17H17N3O3S. The Bertz CT molecular complexity index is 981. The largest absolute Gasteiger partial charge is 0.350 e. The van der Waals surface area contributed by atoms with Crippen molar-refractivity contribution >= 4 is 33.9 Å². The summed E-state index contributed by atoms with van der Waals surface area (Å²) in [5.41, 5.74) is 0.567. The number of aryl methyl sites for hydroxylation is 1. The number of amides is 1. The third-order valence-corrected chi connectivity index (χ3v) is 5.00. The minimum Gasteiger partial charge on any atom is -0.350 e. The van der Waals surface area contributed by atoms with Gasteiger partial charge in [-0.2, -0.15) is 0 Å². The standard InChI is InChI=1S/C17H17N3O3S/c1-11(21)13-3-4-14(24-13)16(22)18-7-10-20-9-6-12-5-8-19(2)15(12)17(20)23/h3-6,8-9H,7,10H2,1-2H3,(H,18,22). The van der Waals surface area contributed by atoms with E-state index < -0.39 is 0 Å². The van der Waals surface area contributed by atoms with Gasteiger partial charge in [-0.15, -0.1) is 11.3 Å². The van der Waals surface area contributed by atoms with Gasteiger partial charge in [0.2, 0.25) is 0 Å². The molecule has 124 valence electrons. The van der Waals surface area contributed by atoms with Gasteiger partial charge < -0.3 is 14.5 Å². The Balaban J connectivity index is 1.67. The Morgan fingerprint density at radius 1 is 1.12 bits per heavy atom. The number of nitrogens with zero attached hydrogens (tertiary/aromatic N) is 2. The van der Waals surface area contributed by atoms with E-state index in [1.807, 2.05) is 25.4 Å². The molecule has 0 aliphatic heterocycles. The van der Waals surface area contributed by atoms with Crippen molar-refractivity contribution in [2.24, 2.45) is 7.05 Å². The molecule has 0 spiro atoms. The third kappa shape index (κ3) is 3.03. The topological polar surface area (TPSA) is 73.1 Å². The highest BCUT2D eigenvalue weighted by atomic mass is 32.1. The molecule has 0 aromatic carbocycles. The zero-order chi connectivity index (χ0) is 17.3. The van der Waals surface area contributed by atoms with Crippen LogP contribution in [0.4, 0.5) is 0 Å². The fraction of sp³-hybridized carbons (Fsp3) is 0.235. The summed E-state index contributed by atoms with van der Waals surface area (Å²) in [5.74, 6) is -0.290. The predicted molar refractivity (Wildman–Crippen MR) is 93.8 cm³/mol. The molecule has 0 unspecified atom stereocenters. The maximum absolute atomic E-state index is 12.4. The van der Waals surface area contributed by atoms with Gasteiger partial charge in [0.05, 0.1) is 9.75 Å². The Kier molecular flexibility index (Phi) is 4.35. The van der Waals surface area contributed by atoms with Crippen molar-refractivity contribution in [1.82, 2.24) is 14.5 Å². The molecule has 1 amide bonds. The summed E-state index contributed by atoms with van der Waals surface area (Å²) in [7, 11) is 1.83. The van der Waals surface area contributed by atoms with Gasteiger partial charge in [0.25, 0.3) is 11.5 Å². The Morgan fingerprint density at radius 2 is 1.83 bits per heavy atom. The van der Waals surface area contributed by atoms with Crippen LogP contribution in [-0.4, -0.2) is 27.4 Å². The molecule has 0 aliphatic carbocycles. The number of hydrogen-bond donors (Lipinski definition) is 1. The number of carbonyl (C=O) groups excluding carboxylic acids is 2. The average Bonchev–Trinajstić information content (AvgIpc) is 3.17. The van der Waals surface area contributed by atoms with Gasteiger partial charge in [0, 0.05) is 37.9 Å². The number of rotatable bonds is 5. The fourth-order valence-corrected chi connectivity index (χ4v) is 3.35. The van der Waals surface area contributed by atoms with Crippen LogP contribution in [0.5, 0.6) is 0 Å². The van der Waals surface area contributed by atoms with E-state index in [1.165, 1.54) is 18.3 Å². The summed E-state index contributed by atoms with van der Waals surface area (Å²) in [6, 6.07) is 7.07. The maximum atomic E-state index is 12.4. The first-order chi connectivity index (χ1) is 11.5. The molecule has 24 heavy (non-hydrogen) atoms. The molecule has 3 heterocycles. The molecule has 1 N–H and O–H groups in total. The Labute approximate surface area is 142 Å². The molecule has 0 saturated carbocycles. The highest BCUT2D eigenvalue weighted by molar-refractivity contribution is 7.15. The average molecular weight is 343 g/mol. The van der Waals surface area contributed by atoms with Crippen LogP contribution in [0.3, 0.4) is 0 Å². The van der Waals surface area contributed by atoms with Gasteiger partial charge in [0.1, 0.15) is 5.52 Å². The first-order valence-electron chi connectivity index (χ1n) is 7.51. The minimum absolute atomic E-state index is 0.0542. The summed E-state index contributed by atoms with van der Waals surface area (Å²) < 4.78 is 3.37. The normalized spacial score (nSPS) is 10.9. The molecule has 0 radical (unpaired) electrons. The summed E-state index contributed by atoms with van der Waals surface area (Å²) in [6.07, 6.45) is 3.58. The van der Waals surface area contributed by atoms with Crippen LogP contribution in [0, 0.1) is 0 Å². The van der Waals surface area contributed by atoms with Crippen molar-refractivity contribution in [3.05, 3.63) is 56.8 Å². The Hall–Kier alpha value is -2.67. The number of thiophene rings is 1. The van der Waals surface area contributed by atoms with Crippen LogP contribution >= 0.6 is 11.3 Å². The third-order valence-electron chi connectivity index (χ3n) is 3.82. The zero-order valence-electron chi connectivity index (χ0n) is 13.4. The van der Waals surface area contributed by atoms with Crippen LogP contribution < -0.4 is 10.9 Å². The smallest absolute Gasteiger partial charge is 0.275 e. The van der Waals surface area contributed by atoms with E-state index in [2.05, 4.69) is 5.32 Å². The number of hydrogen-bond acceptors (Lipinski definition) is 4. The number of Topliss-reactive ketones (excluding diaryl/α,β-unsaturated/α-hetero) is 1. The summed E-state index contributed by atoms with van der Waals surface area (Å²) in [5, 5.41) is 3.68. The number of nitrogens with one attached hydrogen (secondary N) is 1. The van der Waals surface area contributed by atoms with E-state index in [4.69, 9.17) is 0 Å². The van der Waals surface area contributed by atoms with E-state index in [-0.39, 0.29) is 17.2 Å². The van der Waals surface area contributed by atoms with Gasteiger partial charge >= 0.3 is 0 Å². The highest BCUT2D eigenvalue weighted by Gasteiger charge is 2.11. The molecule has 0 fully saturated rings. The quantitative estimate of drug-likeness (QED) is 0.721. The van der Waals surface area contributed by atoms with E-state index >= 15 is 0 Å². The van der Waals surface area contributed by atoms with Crippen LogP contribution in [0.15, 0.2) is 41.5 Å². The van der Waals surface area contributed by atoms with Crippen molar-refractivity contribution < 1.29 is 9.59 Å². The second kappa shape index (κ2) is 6.45. The van der Waals surface area contributed by atoms with Gasteiger partial charge in [0.15, 0.2) is 5.78 Å². The molecule has 0 aliphatic rings. The lowest BCUT2D eigenvalue weighted by Gasteiger charge is -2.07. The molecule has 3 aromatic rings. The number of carbonyl (C=O) groups is 2. The van der Waals surface area contributed by atoms with Crippen molar-refractivity contribution in [3.63, 3.8) is 0 Å². The van der Waals surface area contributed by atoms with Crippen LogP contribution in [-0.2, 0) is 13.6 Å². The zero-order valence-corrected chi connectivity index (χ0v) is 14.2. The number of pyridine rings is 1. The SMILES string of the molecule is CC(=O)c1ccc(C(=O)NCCn2ccc3ccn(C)c3c2=O)s1. The van der Waals surface area contributed by atoms with Crippen molar-refractivity contribution in [1.29, 1.82) is 0 Å². The summed E-state index contributed by atoms with van der Waals surface area (Å²) in [4.78, 5) is 36.8. The molecule has 3 aromatic heterocycles. The molecular weight excluding hydrogens is 326 g/mol. The molecule has 0 bridgehead atoms. The number of aromatic nitrogens is 2. The lowest BCUT2D eigenvalue weighted by atomic mass is 10.3. The van der Waals surface area contributed by atoms with Gasteiger partial charge in [-0.1, -0.05) is 0 Å². The van der Waals surface area contributed by atoms with Crippen molar-refractivity contribution in [3.8, 4) is 0 Å². The van der Waals surface area contributed by atoms with Gasteiger partial charge in [-0.3, -0.25) is 14.4 Å². The monoisotopic (exact) mass is 343 g/mol. The number of fused-ring (bicyclic) bond motifs is 1. The predicted octanol–water partition coefficient (Wildman–Crippen LogP) is 2.03. The fourth-order valence-electron chi connectivity index (χ4n) is 2.53.